The van der Waals surface area contributed by atoms with Gasteiger partial charge in [0.25, 0.3) is 5.91 Å². The highest BCUT2D eigenvalue weighted by Gasteiger charge is 2.30. The molecular formula is C17H21F3N4O2. The van der Waals surface area contributed by atoms with Crippen molar-refractivity contribution in [3.05, 3.63) is 41.6 Å². The molecule has 1 aliphatic rings. The fourth-order valence-electron chi connectivity index (χ4n) is 2.64. The van der Waals surface area contributed by atoms with Crippen molar-refractivity contribution in [2.45, 2.75) is 44.0 Å². The summed E-state index contributed by atoms with van der Waals surface area (Å²) >= 11 is 0. The molecule has 6 nitrogen and oxygen atoms in total. The zero-order valence-corrected chi connectivity index (χ0v) is 14.0. The number of aliphatic hydroxyl groups excluding tert-OH is 1. The van der Waals surface area contributed by atoms with Crippen LogP contribution in [0.25, 0.3) is 0 Å². The molecule has 9 heteroatoms. The molecule has 0 atom stereocenters. The molecule has 0 aliphatic heterocycles. The van der Waals surface area contributed by atoms with Gasteiger partial charge in [-0.3, -0.25) is 4.79 Å². The first-order valence-corrected chi connectivity index (χ1v) is 8.12. The summed E-state index contributed by atoms with van der Waals surface area (Å²) < 4.78 is 37.7. The van der Waals surface area contributed by atoms with Crippen molar-refractivity contribution in [3.8, 4) is 0 Å². The van der Waals surface area contributed by atoms with E-state index in [0.717, 1.165) is 37.1 Å². The molecule has 0 radical (unpaired) electrons. The summed E-state index contributed by atoms with van der Waals surface area (Å²) in [5.74, 6) is -0.998. The Bertz CT molecular complexity index is 691. The number of nitrogens with zero attached hydrogens (tertiary/aromatic N) is 1. The number of carbonyl (C=O) groups is 1. The van der Waals surface area contributed by atoms with Gasteiger partial charge in [0.2, 0.25) is 0 Å². The van der Waals surface area contributed by atoms with Crippen molar-refractivity contribution in [1.29, 1.82) is 0 Å². The number of aliphatic imine (C=N–C) groups is 1. The minimum Gasteiger partial charge on any atom is -0.393 e. The van der Waals surface area contributed by atoms with Crippen LogP contribution in [0.1, 0.15) is 31.2 Å². The molecule has 0 spiro atoms. The molecule has 1 fully saturated rings. The standard InChI is InChI=1S/C17H21F3N4O2/c18-17(19,20)10-1-3-12(4-2-10)24-15(21)14(16(22)26)9-23-11-5-7-13(25)8-6-11/h1-4,9,11,13,23,25H,5-8H2,(H2,21,24)(H2,22,26)/b14-9+. The van der Waals surface area contributed by atoms with E-state index in [2.05, 4.69) is 10.3 Å². The summed E-state index contributed by atoms with van der Waals surface area (Å²) in [6, 6.07) is 4.15. The lowest BCUT2D eigenvalue weighted by atomic mass is 9.93. The number of hydrogen-bond donors (Lipinski definition) is 4. The topological polar surface area (TPSA) is 114 Å². The third kappa shape index (κ3) is 5.48. The first-order chi connectivity index (χ1) is 12.2. The number of hydrogen-bond acceptors (Lipinski definition) is 4. The van der Waals surface area contributed by atoms with E-state index in [4.69, 9.17) is 11.5 Å². The monoisotopic (exact) mass is 370 g/mol. The van der Waals surface area contributed by atoms with Gasteiger partial charge in [-0.15, -0.1) is 0 Å². The van der Waals surface area contributed by atoms with Gasteiger partial charge in [-0.25, -0.2) is 4.99 Å². The number of carbonyl (C=O) groups excluding carboxylic acids is 1. The predicted molar refractivity (Wildman–Crippen MR) is 91.4 cm³/mol. The Morgan fingerprint density at radius 2 is 1.73 bits per heavy atom. The van der Waals surface area contributed by atoms with Crippen LogP contribution < -0.4 is 16.8 Å². The maximum absolute atomic E-state index is 12.6. The summed E-state index contributed by atoms with van der Waals surface area (Å²) in [6.07, 6.45) is -0.589. The van der Waals surface area contributed by atoms with Gasteiger partial charge in [-0.1, -0.05) is 0 Å². The van der Waals surface area contributed by atoms with Crippen LogP contribution >= 0.6 is 0 Å². The molecule has 0 saturated heterocycles. The normalized spacial score (nSPS) is 22.2. The second-order valence-electron chi connectivity index (χ2n) is 6.14. The quantitative estimate of drug-likeness (QED) is 0.360. The lowest BCUT2D eigenvalue weighted by Gasteiger charge is -2.25. The number of aliphatic hydroxyl groups is 1. The van der Waals surface area contributed by atoms with Gasteiger partial charge in [0.15, 0.2) is 0 Å². The minimum atomic E-state index is -4.44. The molecule has 2 rings (SSSR count). The molecular weight excluding hydrogens is 349 g/mol. The maximum atomic E-state index is 12.6. The summed E-state index contributed by atoms with van der Waals surface area (Å²) in [5, 5.41) is 12.5. The van der Waals surface area contributed by atoms with Crippen molar-refractivity contribution in [2.24, 2.45) is 16.5 Å². The fourth-order valence-corrected chi connectivity index (χ4v) is 2.64. The van der Waals surface area contributed by atoms with E-state index in [1.54, 1.807) is 0 Å². The van der Waals surface area contributed by atoms with Gasteiger partial charge in [0.1, 0.15) is 5.84 Å². The lowest BCUT2D eigenvalue weighted by Crippen LogP contribution is -2.34. The first-order valence-electron chi connectivity index (χ1n) is 8.12. The van der Waals surface area contributed by atoms with Crippen LogP contribution in [-0.2, 0) is 11.0 Å². The number of alkyl halides is 3. The van der Waals surface area contributed by atoms with E-state index in [0.29, 0.717) is 12.8 Å². The molecule has 0 bridgehead atoms. The molecule has 1 amide bonds. The van der Waals surface area contributed by atoms with Gasteiger partial charge in [-0.2, -0.15) is 13.2 Å². The van der Waals surface area contributed by atoms with Crippen molar-refractivity contribution in [3.63, 3.8) is 0 Å². The molecule has 1 aliphatic carbocycles. The number of amides is 1. The Balaban J connectivity index is 2.11. The second-order valence-corrected chi connectivity index (χ2v) is 6.14. The van der Waals surface area contributed by atoms with Gasteiger partial charge < -0.3 is 21.9 Å². The zero-order valence-electron chi connectivity index (χ0n) is 14.0. The number of benzene rings is 1. The average Bonchev–Trinajstić information content (AvgIpc) is 2.56. The molecule has 1 saturated carbocycles. The van der Waals surface area contributed by atoms with Crippen molar-refractivity contribution < 1.29 is 23.1 Å². The molecule has 0 unspecified atom stereocenters. The van der Waals surface area contributed by atoms with Crippen molar-refractivity contribution >= 4 is 17.4 Å². The van der Waals surface area contributed by atoms with E-state index in [1.807, 2.05) is 0 Å². The smallest absolute Gasteiger partial charge is 0.393 e. The third-order valence-electron chi connectivity index (χ3n) is 4.15. The Morgan fingerprint density at radius 1 is 1.15 bits per heavy atom. The van der Waals surface area contributed by atoms with Crippen LogP contribution in [0.2, 0.25) is 0 Å². The molecule has 6 N–H and O–H groups in total. The highest BCUT2D eigenvalue weighted by Crippen LogP contribution is 2.30. The molecule has 1 aromatic carbocycles. The van der Waals surface area contributed by atoms with E-state index in [-0.39, 0.29) is 29.2 Å². The SMILES string of the molecule is NC(=O)/C(=C/NC1CCC(O)CC1)C(N)=Nc1ccc(C(F)(F)F)cc1. The zero-order chi connectivity index (χ0) is 19.3. The molecule has 142 valence electrons. The number of primary amides is 1. The van der Waals surface area contributed by atoms with Crippen LogP contribution in [0.4, 0.5) is 18.9 Å². The van der Waals surface area contributed by atoms with Crippen molar-refractivity contribution in [1.82, 2.24) is 5.32 Å². The molecule has 26 heavy (non-hydrogen) atoms. The van der Waals surface area contributed by atoms with Gasteiger partial charge >= 0.3 is 6.18 Å². The van der Waals surface area contributed by atoms with Crippen molar-refractivity contribution in [2.75, 3.05) is 0 Å². The largest absolute Gasteiger partial charge is 0.416 e. The van der Waals surface area contributed by atoms with Crippen LogP contribution in [0.5, 0.6) is 0 Å². The summed E-state index contributed by atoms with van der Waals surface area (Å²) in [6.45, 7) is 0. The molecule has 0 aromatic heterocycles. The van der Waals surface area contributed by atoms with Crippen LogP contribution in [0.15, 0.2) is 41.0 Å². The number of nitrogens with two attached hydrogens (primary N) is 2. The first kappa shape index (κ1) is 19.8. The predicted octanol–water partition coefficient (Wildman–Crippen LogP) is 1.96. The Hall–Kier alpha value is -2.55. The Kier molecular flexibility index (Phi) is 6.25. The van der Waals surface area contributed by atoms with E-state index in [1.165, 1.54) is 6.20 Å². The van der Waals surface area contributed by atoms with Crippen LogP contribution in [0, 0.1) is 0 Å². The third-order valence-corrected chi connectivity index (χ3v) is 4.15. The number of amidine groups is 1. The van der Waals surface area contributed by atoms with Gasteiger partial charge in [0, 0.05) is 12.2 Å². The highest BCUT2D eigenvalue weighted by atomic mass is 19.4. The Labute approximate surface area is 148 Å². The number of rotatable bonds is 5. The summed E-state index contributed by atoms with van der Waals surface area (Å²) in [4.78, 5) is 15.6. The fraction of sp³-hybridized carbons (Fsp3) is 0.412. The van der Waals surface area contributed by atoms with Crippen LogP contribution in [0.3, 0.4) is 0 Å². The highest BCUT2D eigenvalue weighted by molar-refractivity contribution is 6.20. The maximum Gasteiger partial charge on any atom is 0.416 e. The van der Waals surface area contributed by atoms with Gasteiger partial charge in [-0.05, 0) is 49.9 Å². The number of nitrogens with one attached hydrogen (secondary N) is 1. The minimum absolute atomic E-state index is 0.0592. The van der Waals surface area contributed by atoms with E-state index >= 15 is 0 Å². The lowest BCUT2D eigenvalue weighted by molar-refractivity contribution is -0.137. The summed E-state index contributed by atoms with van der Waals surface area (Å²) in [7, 11) is 0. The van der Waals surface area contributed by atoms with Gasteiger partial charge in [0.05, 0.1) is 22.9 Å². The summed E-state index contributed by atoms with van der Waals surface area (Å²) in [5.41, 5.74) is 10.4. The van der Waals surface area contributed by atoms with E-state index < -0.39 is 17.6 Å². The average molecular weight is 370 g/mol. The number of halogens is 3. The van der Waals surface area contributed by atoms with E-state index in [9.17, 15) is 23.1 Å². The molecule has 0 heterocycles. The Morgan fingerprint density at radius 3 is 2.23 bits per heavy atom. The second kappa shape index (κ2) is 8.22. The van der Waals surface area contributed by atoms with Crippen LogP contribution in [-0.4, -0.2) is 29.0 Å². The molecule has 1 aromatic rings.